The average molecular weight is 155 g/mol. The van der Waals surface area contributed by atoms with Crippen molar-refractivity contribution in [3.63, 3.8) is 0 Å². The Morgan fingerprint density at radius 2 is 2.70 bits per heavy atom. The van der Waals surface area contributed by atoms with Gasteiger partial charge in [-0.3, -0.25) is 0 Å². The highest BCUT2D eigenvalue weighted by molar-refractivity contribution is 7.07. The lowest BCUT2D eigenvalue weighted by molar-refractivity contribution is 0.273. The van der Waals surface area contributed by atoms with Gasteiger partial charge in [-0.25, -0.2) is 4.98 Å². The van der Waals surface area contributed by atoms with Gasteiger partial charge in [0.1, 0.15) is 0 Å². The van der Waals surface area contributed by atoms with Gasteiger partial charge in [-0.15, -0.1) is 11.3 Å². The molecule has 0 spiro atoms. The summed E-state index contributed by atoms with van der Waals surface area (Å²) in [7, 11) is 0. The Hall–Kier alpha value is -0.410. The molecule has 1 aromatic rings. The first kappa shape index (κ1) is 6.31. The number of aliphatic hydroxyl groups excluding tert-OH is 1. The largest absolute Gasteiger partial charge is 0.396 e. The summed E-state index contributed by atoms with van der Waals surface area (Å²) >= 11 is 1.63. The van der Waals surface area contributed by atoms with Gasteiger partial charge in [-0.2, -0.15) is 0 Å². The fraction of sp³-hybridized carbons (Fsp3) is 0.571. The van der Waals surface area contributed by atoms with Gasteiger partial charge in [0.05, 0.1) is 11.2 Å². The van der Waals surface area contributed by atoms with Crippen LogP contribution in [-0.2, 0) is 0 Å². The van der Waals surface area contributed by atoms with E-state index in [0.717, 1.165) is 6.42 Å². The normalized spacial score (nSPS) is 30.5. The molecule has 1 aliphatic rings. The summed E-state index contributed by atoms with van der Waals surface area (Å²) in [6.07, 6.45) is 1.13. The van der Waals surface area contributed by atoms with Gasteiger partial charge < -0.3 is 5.11 Å². The minimum Gasteiger partial charge on any atom is -0.396 e. The number of nitrogens with zero attached hydrogens (tertiary/aromatic N) is 1. The third-order valence-corrected chi connectivity index (χ3v) is 2.59. The van der Waals surface area contributed by atoms with Gasteiger partial charge in [0.25, 0.3) is 0 Å². The van der Waals surface area contributed by atoms with Crippen molar-refractivity contribution >= 4 is 11.3 Å². The lowest BCUT2D eigenvalue weighted by Gasteiger charge is -1.88. The van der Waals surface area contributed by atoms with Gasteiger partial charge in [0.15, 0.2) is 0 Å². The molecule has 0 aromatic carbocycles. The van der Waals surface area contributed by atoms with Crippen LogP contribution in [0.15, 0.2) is 10.9 Å². The van der Waals surface area contributed by atoms with E-state index in [4.69, 9.17) is 5.11 Å². The number of thiazole rings is 1. The van der Waals surface area contributed by atoms with Crippen LogP contribution in [-0.4, -0.2) is 16.7 Å². The Balaban J connectivity index is 2.05. The smallest absolute Gasteiger partial charge is 0.0794 e. The van der Waals surface area contributed by atoms with Gasteiger partial charge in [0.2, 0.25) is 0 Å². The minimum atomic E-state index is 0.322. The summed E-state index contributed by atoms with van der Waals surface area (Å²) in [6.45, 7) is 0.322. The second kappa shape index (κ2) is 2.32. The zero-order valence-electron chi connectivity index (χ0n) is 5.53. The Kier molecular flexibility index (Phi) is 1.47. The highest BCUT2D eigenvalue weighted by atomic mass is 32.1. The lowest BCUT2D eigenvalue weighted by Crippen LogP contribution is -1.87. The molecule has 0 amide bonds. The van der Waals surface area contributed by atoms with Crippen LogP contribution in [0.3, 0.4) is 0 Å². The molecule has 10 heavy (non-hydrogen) atoms. The van der Waals surface area contributed by atoms with Crippen LogP contribution in [0.25, 0.3) is 0 Å². The maximum absolute atomic E-state index is 8.75. The van der Waals surface area contributed by atoms with E-state index in [9.17, 15) is 0 Å². The topological polar surface area (TPSA) is 33.1 Å². The van der Waals surface area contributed by atoms with E-state index >= 15 is 0 Å². The van der Waals surface area contributed by atoms with E-state index in [2.05, 4.69) is 10.4 Å². The first-order valence-electron chi connectivity index (χ1n) is 3.40. The van der Waals surface area contributed by atoms with Crippen molar-refractivity contribution < 1.29 is 5.11 Å². The van der Waals surface area contributed by atoms with Crippen LogP contribution in [0, 0.1) is 5.92 Å². The summed E-state index contributed by atoms with van der Waals surface area (Å²) in [5.74, 6) is 1.07. The van der Waals surface area contributed by atoms with Crippen LogP contribution in [0.4, 0.5) is 0 Å². The molecule has 3 heteroatoms. The molecule has 0 aliphatic heterocycles. The van der Waals surface area contributed by atoms with E-state index < -0.39 is 0 Å². The number of hydrogen-bond donors (Lipinski definition) is 1. The van der Waals surface area contributed by atoms with Crippen LogP contribution >= 0.6 is 11.3 Å². The highest BCUT2D eigenvalue weighted by Crippen LogP contribution is 2.46. The molecule has 54 valence electrons. The van der Waals surface area contributed by atoms with E-state index in [1.165, 1.54) is 5.69 Å². The van der Waals surface area contributed by atoms with Crippen molar-refractivity contribution in [2.75, 3.05) is 6.61 Å². The molecule has 2 nitrogen and oxygen atoms in total. The lowest BCUT2D eigenvalue weighted by atomic mass is 10.3. The molecule has 2 atom stereocenters. The van der Waals surface area contributed by atoms with E-state index in [-0.39, 0.29) is 0 Å². The van der Waals surface area contributed by atoms with Crippen molar-refractivity contribution in [3.05, 3.63) is 16.6 Å². The Bertz CT molecular complexity index is 209. The first-order chi connectivity index (χ1) is 4.92. The first-order valence-corrected chi connectivity index (χ1v) is 4.35. The molecule has 1 heterocycles. The monoisotopic (exact) mass is 155 g/mol. The van der Waals surface area contributed by atoms with Crippen molar-refractivity contribution in [2.45, 2.75) is 12.3 Å². The summed E-state index contributed by atoms with van der Waals surface area (Å²) < 4.78 is 0. The third-order valence-electron chi connectivity index (χ3n) is 1.99. The fourth-order valence-electron chi connectivity index (χ4n) is 1.22. The van der Waals surface area contributed by atoms with Gasteiger partial charge in [-0.05, 0) is 12.3 Å². The number of aliphatic hydroxyl groups is 1. The molecule has 0 saturated heterocycles. The van der Waals surface area contributed by atoms with Gasteiger partial charge in [0, 0.05) is 17.9 Å². The van der Waals surface area contributed by atoms with Crippen LogP contribution in [0.1, 0.15) is 18.0 Å². The zero-order chi connectivity index (χ0) is 6.97. The summed E-state index contributed by atoms with van der Waals surface area (Å²) in [5, 5.41) is 10.8. The number of aromatic nitrogens is 1. The molecule has 1 aromatic heterocycles. The van der Waals surface area contributed by atoms with E-state index in [1.54, 1.807) is 11.3 Å². The predicted molar refractivity (Wildman–Crippen MR) is 40.0 cm³/mol. The third kappa shape index (κ3) is 0.954. The predicted octanol–water partition coefficient (Wildman–Crippen LogP) is 1.24. The maximum Gasteiger partial charge on any atom is 0.0794 e. The van der Waals surface area contributed by atoms with Crippen molar-refractivity contribution in [1.29, 1.82) is 0 Å². The van der Waals surface area contributed by atoms with E-state index in [1.807, 2.05) is 5.51 Å². The Labute approximate surface area is 63.5 Å². The van der Waals surface area contributed by atoms with Gasteiger partial charge >= 0.3 is 0 Å². The molecule has 1 saturated carbocycles. The van der Waals surface area contributed by atoms with Gasteiger partial charge in [-0.1, -0.05) is 0 Å². The summed E-state index contributed by atoms with van der Waals surface area (Å²) in [5.41, 5.74) is 3.02. The Morgan fingerprint density at radius 1 is 1.80 bits per heavy atom. The molecular weight excluding hydrogens is 146 g/mol. The molecule has 1 N–H and O–H groups in total. The minimum absolute atomic E-state index is 0.322. The quantitative estimate of drug-likeness (QED) is 0.697. The molecular formula is C7H9NOS. The molecule has 1 fully saturated rings. The van der Waals surface area contributed by atoms with Crippen LogP contribution < -0.4 is 0 Å². The standard InChI is InChI=1S/C7H9NOS/c9-2-5-1-6(5)7-3-10-4-8-7/h3-6,9H,1-2H2. The SMILES string of the molecule is OCC1CC1c1cscn1. The molecule has 2 unspecified atom stereocenters. The zero-order valence-corrected chi connectivity index (χ0v) is 6.34. The molecule has 0 radical (unpaired) electrons. The second-order valence-electron chi connectivity index (χ2n) is 2.70. The molecule has 1 aliphatic carbocycles. The fourth-order valence-corrected chi connectivity index (χ4v) is 1.84. The average Bonchev–Trinajstić information content (AvgIpc) is 2.56. The second-order valence-corrected chi connectivity index (χ2v) is 3.42. The van der Waals surface area contributed by atoms with E-state index in [0.29, 0.717) is 18.4 Å². The molecule has 0 bridgehead atoms. The van der Waals surface area contributed by atoms with Crippen molar-refractivity contribution in [2.24, 2.45) is 5.92 Å². The summed E-state index contributed by atoms with van der Waals surface area (Å²) in [6, 6.07) is 0. The van der Waals surface area contributed by atoms with Crippen molar-refractivity contribution in [3.8, 4) is 0 Å². The van der Waals surface area contributed by atoms with Crippen molar-refractivity contribution in [1.82, 2.24) is 4.98 Å². The Morgan fingerprint density at radius 3 is 3.20 bits per heavy atom. The number of rotatable bonds is 2. The number of hydrogen-bond acceptors (Lipinski definition) is 3. The maximum atomic E-state index is 8.75. The van der Waals surface area contributed by atoms with Crippen LogP contribution in [0.2, 0.25) is 0 Å². The summed E-state index contributed by atoms with van der Waals surface area (Å²) in [4.78, 5) is 4.18. The van der Waals surface area contributed by atoms with Crippen LogP contribution in [0.5, 0.6) is 0 Å². The molecule has 2 rings (SSSR count). The highest BCUT2D eigenvalue weighted by Gasteiger charge is 2.38.